The van der Waals surface area contributed by atoms with Crippen molar-refractivity contribution in [3.8, 4) is 5.75 Å². The summed E-state index contributed by atoms with van der Waals surface area (Å²) in [5, 5.41) is 3.31. The molecule has 0 bridgehead atoms. The highest BCUT2D eigenvalue weighted by atomic mass is 35.5. The van der Waals surface area contributed by atoms with Gasteiger partial charge in [0.25, 0.3) is 0 Å². The molecule has 3 aromatic carbocycles. The van der Waals surface area contributed by atoms with E-state index < -0.39 is 0 Å². The van der Waals surface area contributed by atoms with Crippen molar-refractivity contribution in [3.05, 3.63) is 83.4 Å². The van der Waals surface area contributed by atoms with Crippen molar-refractivity contribution in [2.24, 2.45) is 0 Å². The first-order chi connectivity index (χ1) is 27.4. The second-order valence-electron chi connectivity index (χ2n) is 13.3. The van der Waals surface area contributed by atoms with Crippen LogP contribution in [0.5, 0.6) is 5.75 Å². The van der Waals surface area contributed by atoms with Gasteiger partial charge in [0.05, 0.1) is 17.7 Å². The van der Waals surface area contributed by atoms with Gasteiger partial charge < -0.3 is 50.4 Å². The average molecular weight is 868 g/mol. The predicted molar refractivity (Wildman–Crippen MR) is 247 cm³/mol. The molecular formula is C44H72Cl2N6O7. The predicted octanol–water partition coefficient (Wildman–Crippen LogP) is 7.78. The van der Waals surface area contributed by atoms with Gasteiger partial charge in [-0.25, -0.2) is 14.4 Å². The number of ether oxygens (including phenoxy) is 4. The third-order valence-corrected chi connectivity index (χ3v) is 8.66. The third-order valence-electron chi connectivity index (χ3n) is 8.66. The Morgan fingerprint density at radius 3 is 1.49 bits per heavy atom. The molecule has 0 aliphatic heterocycles. The Kier molecular flexibility index (Phi) is 33.3. The topological polar surface area (TPSA) is 162 Å². The van der Waals surface area contributed by atoms with E-state index >= 15 is 0 Å². The maximum atomic E-state index is 12.1. The molecule has 0 heterocycles. The number of nitrogens with two attached hydrogens (primary N) is 2. The molecule has 0 spiro atoms. The summed E-state index contributed by atoms with van der Waals surface area (Å²) in [7, 11) is 3.90. The van der Waals surface area contributed by atoms with Gasteiger partial charge in [-0.3, -0.25) is 0 Å². The fourth-order valence-corrected chi connectivity index (χ4v) is 4.97. The van der Waals surface area contributed by atoms with Crippen LogP contribution in [0.25, 0.3) is 0 Å². The summed E-state index contributed by atoms with van der Waals surface area (Å²) in [6, 6.07) is 19.2. The van der Waals surface area contributed by atoms with Crippen LogP contribution >= 0.6 is 24.8 Å². The minimum Gasteiger partial charge on any atom is -0.493 e. The van der Waals surface area contributed by atoms with Crippen LogP contribution in [0.15, 0.2) is 66.7 Å². The van der Waals surface area contributed by atoms with Crippen LogP contribution in [-0.2, 0) is 14.2 Å². The molecule has 0 unspecified atom stereocenters. The van der Waals surface area contributed by atoms with Gasteiger partial charge >= 0.3 is 17.9 Å². The number of carbonyl (C=O) groups excluding carboxylic acids is 3. The smallest absolute Gasteiger partial charge is 0.341 e. The van der Waals surface area contributed by atoms with Crippen LogP contribution < -0.4 is 21.5 Å². The zero-order valence-corrected chi connectivity index (χ0v) is 38.3. The monoisotopic (exact) mass is 866 g/mol. The van der Waals surface area contributed by atoms with E-state index in [4.69, 9.17) is 30.4 Å². The van der Waals surface area contributed by atoms with E-state index in [9.17, 15) is 14.4 Å². The maximum Gasteiger partial charge on any atom is 0.341 e. The molecule has 3 rings (SSSR count). The van der Waals surface area contributed by atoms with Gasteiger partial charge in [-0.1, -0.05) is 48.0 Å². The zero-order valence-electron chi connectivity index (χ0n) is 36.6. The quantitative estimate of drug-likeness (QED) is 0.0367. The van der Waals surface area contributed by atoms with E-state index in [0.717, 1.165) is 70.9 Å². The molecule has 13 nitrogen and oxygen atoms in total. The Labute approximate surface area is 366 Å². The normalized spacial score (nSPS) is 10.2. The fraction of sp³-hybridized carbons (Fsp3) is 0.523. The summed E-state index contributed by atoms with van der Waals surface area (Å²) in [5.74, 6) is -0.433. The van der Waals surface area contributed by atoms with Crippen molar-refractivity contribution in [1.82, 2.24) is 14.7 Å². The summed E-state index contributed by atoms with van der Waals surface area (Å²) in [6.07, 6.45) is 3.18. The molecule has 0 aliphatic rings. The lowest BCUT2D eigenvalue weighted by molar-refractivity contribution is 0.0455. The highest BCUT2D eigenvalue weighted by Crippen LogP contribution is 2.23. The van der Waals surface area contributed by atoms with Crippen molar-refractivity contribution in [1.29, 1.82) is 0 Å². The molecule has 0 saturated heterocycles. The molecule has 0 saturated carbocycles. The van der Waals surface area contributed by atoms with Crippen LogP contribution in [-0.4, -0.2) is 125 Å². The Bertz CT molecular complexity index is 1540. The first-order valence-corrected chi connectivity index (χ1v) is 20.2. The van der Waals surface area contributed by atoms with Crippen molar-refractivity contribution < 1.29 is 33.3 Å². The van der Waals surface area contributed by atoms with E-state index in [0.29, 0.717) is 60.2 Å². The first kappa shape index (κ1) is 56.8. The Hall–Kier alpha value is -4.27. The second kappa shape index (κ2) is 34.6. The van der Waals surface area contributed by atoms with Gasteiger partial charge in [-0.15, -0.1) is 24.8 Å². The summed E-state index contributed by atoms with van der Waals surface area (Å²) < 4.78 is 21.2. The second-order valence-corrected chi connectivity index (χ2v) is 13.3. The van der Waals surface area contributed by atoms with Crippen molar-refractivity contribution in [3.63, 3.8) is 0 Å². The maximum absolute atomic E-state index is 12.1. The summed E-state index contributed by atoms with van der Waals surface area (Å²) in [6.45, 7) is 21.3. The van der Waals surface area contributed by atoms with Gasteiger partial charge in [-0.2, -0.15) is 0 Å². The average Bonchev–Trinajstić information content (AvgIpc) is 3.21. The van der Waals surface area contributed by atoms with Crippen LogP contribution in [0.4, 0.5) is 17.1 Å². The summed E-state index contributed by atoms with van der Waals surface area (Å²) >= 11 is 0. The molecule has 15 heteroatoms. The number of hydrogen-bond acceptors (Lipinski definition) is 13. The van der Waals surface area contributed by atoms with Gasteiger partial charge in [0.1, 0.15) is 31.1 Å². The number of hydrogen-bond donors (Lipinski definition) is 3. The van der Waals surface area contributed by atoms with E-state index in [-0.39, 0.29) is 42.7 Å². The van der Waals surface area contributed by atoms with Gasteiger partial charge in [0.15, 0.2) is 0 Å². The SMILES string of the molecule is CCCCNc1ccc(C(=O)OCCN(C)C)cc1.CCCOc1cc(N)ccc1C(=O)OCCN(CC)CC.CCN(CC)CCOC(=O)c1ccc(N)cc1.Cl.Cl. The number of halogens is 2. The van der Waals surface area contributed by atoms with Crippen LogP contribution in [0.1, 0.15) is 91.9 Å². The molecule has 0 radical (unpaired) electrons. The zero-order chi connectivity index (χ0) is 42.4. The summed E-state index contributed by atoms with van der Waals surface area (Å²) in [5.41, 5.74) is 15.1. The van der Waals surface area contributed by atoms with E-state index in [2.05, 4.69) is 49.7 Å². The Balaban J connectivity index is 0. The lowest BCUT2D eigenvalue weighted by Crippen LogP contribution is -2.28. The molecular weight excluding hydrogens is 795 g/mol. The van der Waals surface area contributed by atoms with Crippen molar-refractivity contribution in [2.45, 2.75) is 60.8 Å². The van der Waals surface area contributed by atoms with Crippen molar-refractivity contribution in [2.75, 3.05) is 110 Å². The molecule has 59 heavy (non-hydrogen) atoms. The van der Waals surface area contributed by atoms with Crippen LogP contribution in [0.2, 0.25) is 0 Å². The fourth-order valence-electron chi connectivity index (χ4n) is 4.97. The number of nitrogens with one attached hydrogen (secondary N) is 1. The minimum atomic E-state index is -0.367. The van der Waals surface area contributed by atoms with Gasteiger partial charge in [0, 0.05) is 49.3 Å². The Morgan fingerprint density at radius 2 is 1.03 bits per heavy atom. The molecule has 3 aromatic rings. The lowest BCUT2D eigenvalue weighted by atomic mass is 10.2. The molecule has 0 aliphatic carbocycles. The first-order valence-electron chi connectivity index (χ1n) is 20.2. The number of likely N-dealkylation sites (N-methyl/N-ethyl adjacent to an activating group) is 3. The molecule has 334 valence electrons. The summed E-state index contributed by atoms with van der Waals surface area (Å²) in [4.78, 5) is 41.9. The number of nitrogen functional groups attached to an aromatic ring is 2. The third kappa shape index (κ3) is 25.1. The van der Waals surface area contributed by atoms with Gasteiger partial charge in [-0.05, 0) is 114 Å². The number of carbonyl (C=O) groups is 3. The molecule has 0 amide bonds. The number of unbranched alkanes of at least 4 members (excludes halogenated alkanes) is 1. The highest BCUT2D eigenvalue weighted by molar-refractivity contribution is 5.93. The van der Waals surface area contributed by atoms with Crippen molar-refractivity contribution >= 4 is 59.8 Å². The molecule has 5 N–H and O–H groups in total. The highest BCUT2D eigenvalue weighted by Gasteiger charge is 2.15. The van der Waals surface area contributed by atoms with E-state index in [1.165, 1.54) is 6.42 Å². The van der Waals surface area contributed by atoms with E-state index in [1.807, 2.05) is 38.1 Å². The number of nitrogens with zero attached hydrogens (tertiary/aromatic N) is 3. The van der Waals surface area contributed by atoms with Crippen LogP contribution in [0, 0.1) is 0 Å². The van der Waals surface area contributed by atoms with E-state index in [1.54, 1.807) is 54.6 Å². The number of esters is 3. The van der Waals surface area contributed by atoms with Gasteiger partial charge in [0.2, 0.25) is 0 Å². The number of anilines is 3. The van der Waals surface area contributed by atoms with Crippen LogP contribution in [0.3, 0.4) is 0 Å². The molecule has 0 aromatic heterocycles. The Morgan fingerprint density at radius 1 is 0.576 bits per heavy atom. The molecule has 0 atom stereocenters. The standard InChI is InChI=1S/C16H26N2O3.C15H24N2O2.C13H20N2O2.2ClH/c1-4-10-20-15-12-13(17)7-8-14(15)16(19)21-11-9-18(5-2)6-3;1-4-5-10-16-14-8-6-13(7-9-14)15(18)19-12-11-17(2)3;1-3-15(4-2)9-10-17-13(16)11-5-7-12(14)8-6-11;;/h7-8,12H,4-6,9-11,17H2,1-3H3;6-9,16H,4-5,10-12H2,1-3H3;5-8H,3-4,9-10,14H2,1-2H3;2*1H. The minimum absolute atomic E-state index is 0. The molecule has 0 fully saturated rings. The largest absolute Gasteiger partial charge is 0.493 e. The number of rotatable bonds is 23. The lowest BCUT2D eigenvalue weighted by Gasteiger charge is -2.18. The number of benzene rings is 3.